The van der Waals surface area contributed by atoms with E-state index in [9.17, 15) is 9.59 Å². The van der Waals surface area contributed by atoms with Crippen LogP contribution in [0.4, 0.5) is 0 Å². The minimum absolute atomic E-state index is 0. The van der Waals surface area contributed by atoms with E-state index in [1.54, 1.807) is 9.80 Å². The monoisotopic (exact) mass is 345 g/mol. The molecule has 1 fully saturated rings. The Morgan fingerprint density at radius 3 is 2.18 bits per heavy atom. The van der Waals surface area contributed by atoms with Gasteiger partial charge in [0.1, 0.15) is 0 Å². The molecule has 0 unspecified atom stereocenters. The third kappa shape index (κ3) is 4.21. The fourth-order valence-electron chi connectivity index (χ4n) is 2.27. The van der Waals surface area contributed by atoms with Gasteiger partial charge in [0.2, 0.25) is 5.91 Å². The van der Waals surface area contributed by atoms with Crippen LogP contribution in [0.1, 0.15) is 31.1 Å². The second-order valence-electron chi connectivity index (χ2n) is 6.47. The van der Waals surface area contributed by atoms with Crippen LogP contribution in [0.25, 0.3) is 0 Å². The van der Waals surface area contributed by atoms with Gasteiger partial charge in [0, 0.05) is 31.6 Å². The third-order valence-corrected chi connectivity index (χ3v) is 4.53. The van der Waals surface area contributed by atoms with Gasteiger partial charge in [-0.2, -0.15) is 11.3 Å². The van der Waals surface area contributed by atoms with E-state index in [4.69, 9.17) is 5.73 Å². The molecule has 2 amide bonds. The van der Waals surface area contributed by atoms with Gasteiger partial charge < -0.3 is 15.5 Å². The van der Waals surface area contributed by atoms with Crippen molar-refractivity contribution in [1.82, 2.24) is 9.80 Å². The molecule has 5 nitrogen and oxygen atoms in total. The van der Waals surface area contributed by atoms with Crippen LogP contribution in [0.2, 0.25) is 0 Å². The molecule has 0 radical (unpaired) electrons. The molecular formula is C15H24ClN3O2S. The predicted molar refractivity (Wildman–Crippen MR) is 91.5 cm³/mol. The van der Waals surface area contributed by atoms with Crippen molar-refractivity contribution < 1.29 is 9.59 Å². The summed E-state index contributed by atoms with van der Waals surface area (Å²) < 4.78 is 0. The molecule has 1 saturated heterocycles. The Hall–Kier alpha value is -1.11. The first-order chi connectivity index (χ1) is 9.80. The van der Waals surface area contributed by atoms with Crippen LogP contribution in [-0.2, 0) is 4.79 Å². The molecule has 0 bridgehead atoms. The lowest BCUT2D eigenvalue weighted by Gasteiger charge is -2.38. The Bertz CT molecular complexity index is 505. The minimum Gasteiger partial charge on any atom is -0.338 e. The molecule has 1 aliphatic heterocycles. The number of halogens is 1. The van der Waals surface area contributed by atoms with Crippen LogP contribution in [0.3, 0.4) is 0 Å². The van der Waals surface area contributed by atoms with Gasteiger partial charge in [-0.3, -0.25) is 9.59 Å². The highest BCUT2D eigenvalue weighted by Crippen LogP contribution is 2.20. The number of carbonyl (C=O) groups is 2. The highest BCUT2D eigenvalue weighted by molar-refractivity contribution is 7.08. The maximum Gasteiger partial charge on any atom is 0.254 e. The molecule has 2 heterocycles. The van der Waals surface area contributed by atoms with Gasteiger partial charge in [-0.25, -0.2) is 0 Å². The Kier molecular flexibility index (Phi) is 6.40. The second-order valence-corrected chi connectivity index (χ2v) is 7.25. The largest absolute Gasteiger partial charge is 0.338 e. The summed E-state index contributed by atoms with van der Waals surface area (Å²) in [6, 6.07) is 1.33. The minimum atomic E-state index is -0.503. The zero-order chi connectivity index (χ0) is 15.6. The number of amides is 2. The Morgan fingerprint density at radius 1 is 1.18 bits per heavy atom. The lowest BCUT2D eigenvalue weighted by molar-refractivity contribution is -0.136. The molecule has 0 spiro atoms. The summed E-state index contributed by atoms with van der Waals surface area (Å²) in [5.74, 6) is 0.0219. The van der Waals surface area contributed by atoms with Gasteiger partial charge >= 0.3 is 0 Å². The van der Waals surface area contributed by atoms with Gasteiger partial charge in [0.05, 0.1) is 11.6 Å². The van der Waals surface area contributed by atoms with E-state index in [1.807, 2.05) is 37.6 Å². The number of nitrogens with two attached hydrogens (primary N) is 1. The molecule has 0 aliphatic carbocycles. The normalized spacial score (nSPS) is 16.9. The van der Waals surface area contributed by atoms with Crippen LogP contribution >= 0.6 is 23.7 Å². The summed E-state index contributed by atoms with van der Waals surface area (Å²) in [5, 5.41) is 3.75. The maximum absolute atomic E-state index is 12.3. The zero-order valence-corrected chi connectivity index (χ0v) is 14.9. The summed E-state index contributed by atoms with van der Waals surface area (Å²) in [6.07, 6.45) is 0. The van der Waals surface area contributed by atoms with E-state index in [1.165, 1.54) is 11.3 Å². The topological polar surface area (TPSA) is 66.6 Å². The molecule has 2 N–H and O–H groups in total. The fourth-order valence-corrected chi connectivity index (χ4v) is 2.90. The fraction of sp³-hybridized carbons (Fsp3) is 0.600. The summed E-state index contributed by atoms with van der Waals surface area (Å²) in [4.78, 5) is 28.2. The molecule has 1 aromatic heterocycles. The first-order valence-electron chi connectivity index (χ1n) is 7.16. The number of carbonyl (C=O) groups excluding carboxylic acids is 2. The third-order valence-electron chi connectivity index (χ3n) is 3.85. The predicted octanol–water partition coefficient (Wildman–Crippen LogP) is 1.83. The Labute approximate surface area is 141 Å². The van der Waals surface area contributed by atoms with E-state index >= 15 is 0 Å². The van der Waals surface area contributed by atoms with Crippen molar-refractivity contribution in [3.05, 3.63) is 22.4 Å². The van der Waals surface area contributed by atoms with Crippen molar-refractivity contribution in [3.8, 4) is 0 Å². The summed E-state index contributed by atoms with van der Waals surface area (Å²) >= 11 is 1.52. The quantitative estimate of drug-likeness (QED) is 0.889. The number of rotatable bonds is 2. The highest BCUT2D eigenvalue weighted by Gasteiger charge is 2.33. The van der Waals surface area contributed by atoms with Crippen LogP contribution in [0.5, 0.6) is 0 Å². The summed E-state index contributed by atoms with van der Waals surface area (Å²) in [6.45, 7) is 8.13. The smallest absolute Gasteiger partial charge is 0.254 e. The van der Waals surface area contributed by atoms with Crippen LogP contribution < -0.4 is 5.73 Å². The molecule has 7 heteroatoms. The van der Waals surface area contributed by atoms with Crippen molar-refractivity contribution in [1.29, 1.82) is 0 Å². The zero-order valence-electron chi connectivity index (χ0n) is 13.2. The van der Waals surface area contributed by atoms with E-state index in [2.05, 4.69) is 0 Å². The van der Waals surface area contributed by atoms with Gasteiger partial charge in [-0.05, 0) is 16.9 Å². The van der Waals surface area contributed by atoms with Crippen LogP contribution in [-0.4, -0.2) is 53.8 Å². The Balaban J connectivity index is 0.00000242. The average Bonchev–Trinajstić information content (AvgIpc) is 2.98. The molecule has 1 atom stereocenters. The molecule has 2 rings (SSSR count). The van der Waals surface area contributed by atoms with Crippen molar-refractivity contribution in [3.63, 3.8) is 0 Å². The number of piperazine rings is 1. The Morgan fingerprint density at radius 2 is 1.73 bits per heavy atom. The van der Waals surface area contributed by atoms with E-state index < -0.39 is 6.04 Å². The number of hydrogen-bond donors (Lipinski definition) is 1. The van der Waals surface area contributed by atoms with E-state index in [-0.39, 0.29) is 29.6 Å². The lowest BCUT2D eigenvalue weighted by Crippen LogP contribution is -2.56. The SMILES string of the molecule is CC(C)(C)[C@H](N)C(=O)N1CCN(C(=O)c2ccsc2)CC1.Cl. The number of nitrogens with zero attached hydrogens (tertiary/aromatic N) is 2. The molecule has 22 heavy (non-hydrogen) atoms. The molecular weight excluding hydrogens is 322 g/mol. The standard InChI is InChI=1S/C15H23N3O2S.ClH/c1-15(2,3)12(16)14(20)18-7-5-17(6-8-18)13(19)11-4-9-21-10-11;/h4,9-10,12H,5-8,16H2,1-3H3;1H/t12-;/m1./s1. The van der Waals surface area contributed by atoms with Crippen molar-refractivity contribution in [2.75, 3.05) is 26.2 Å². The van der Waals surface area contributed by atoms with E-state index in [0.717, 1.165) is 5.56 Å². The van der Waals surface area contributed by atoms with Crippen molar-refractivity contribution in [2.24, 2.45) is 11.1 Å². The highest BCUT2D eigenvalue weighted by atomic mass is 35.5. The molecule has 124 valence electrons. The number of hydrogen-bond acceptors (Lipinski definition) is 4. The van der Waals surface area contributed by atoms with Crippen LogP contribution in [0.15, 0.2) is 16.8 Å². The maximum atomic E-state index is 12.3. The average molecular weight is 346 g/mol. The number of thiophene rings is 1. The molecule has 1 aliphatic rings. The molecule has 0 saturated carbocycles. The van der Waals surface area contributed by atoms with Crippen LogP contribution in [0, 0.1) is 5.41 Å². The van der Waals surface area contributed by atoms with Crippen molar-refractivity contribution in [2.45, 2.75) is 26.8 Å². The lowest BCUT2D eigenvalue weighted by atomic mass is 9.86. The van der Waals surface area contributed by atoms with E-state index in [0.29, 0.717) is 26.2 Å². The summed E-state index contributed by atoms with van der Waals surface area (Å²) in [7, 11) is 0. The first-order valence-corrected chi connectivity index (χ1v) is 8.11. The van der Waals surface area contributed by atoms with Gasteiger partial charge in [0.15, 0.2) is 0 Å². The van der Waals surface area contributed by atoms with Gasteiger partial charge in [0.25, 0.3) is 5.91 Å². The van der Waals surface area contributed by atoms with Crippen molar-refractivity contribution >= 4 is 35.6 Å². The van der Waals surface area contributed by atoms with Gasteiger partial charge in [-0.15, -0.1) is 12.4 Å². The second kappa shape index (κ2) is 7.44. The first kappa shape index (κ1) is 18.9. The molecule has 1 aromatic rings. The molecule has 0 aromatic carbocycles. The van der Waals surface area contributed by atoms with Gasteiger partial charge in [-0.1, -0.05) is 20.8 Å². The summed E-state index contributed by atoms with van der Waals surface area (Å²) in [5.41, 5.74) is 6.50.